The molecule has 0 aliphatic carbocycles. The van der Waals surface area contributed by atoms with Crippen molar-refractivity contribution in [3.63, 3.8) is 0 Å². The van der Waals surface area contributed by atoms with Crippen LogP contribution < -0.4 is 10.1 Å². The van der Waals surface area contributed by atoms with Crippen LogP contribution in [0, 0.1) is 6.92 Å². The van der Waals surface area contributed by atoms with E-state index in [1.54, 1.807) is 16.7 Å². The van der Waals surface area contributed by atoms with Crippen molar-refractivity contribution in [3.8, 4) is 5.75 Å². The number of carbonyl (C=O) groups is 1. The number of aryl methyl sites for hydroxylation is 1. The maximum atomic E-state index is 13.3. The molecule has 2 aromatic heterocycles. The Hall–Kier alpha value is -3.44. The molecular formula is C24H20ClF3N4O3S. The smallest absolute Gasteiger partial charge is 0.418 e. The van der Waals surface area contributed by atoms with Gasteiger partial charge in [0.15, 0.2) is 11.0 Å². The van der Waals surface area contributed by atoms with E-state index in [0.717, 1.165) is 29.5 Å². The zero-order chi connectivity index (χ0) is 25.7. The number of hydrogen-bond donors (Lipinski definition) is 1. The summed E-state index contributed by atoms with van der Waals surface area (Å²) in [7, 11) is 0. The van der Waals surface area contributed by atoms with Gasteiger partial charge in [-0.2, -0.15) is 13.2 Å². The van der Waals surface area contributed by atoms with Crippen molar-refractivity contribution in [2.24, 2.45) is 0 Å². The summed E-state index contributed by atoms with van der Waals surface area (Å²) >= 11 is 6.73. The lowest BCUT2D eigenvalue weighted by Gasteiger charge is -2.14. The van der Waals surface area contributed by atoms with Crippen LogP contribution in [0.4, 0.5) is 18.9 Å². The minimum Gasteiger partial charge on any atom is -0.486 e. The number of furan rings is 1. The molecule has 188 valence electrons. The molecule has 1 amide bonds. The zero-order valence-corrected chi connectivity index (χ0v) is 20.5. The van der Waals surface area contributed by atoms with Crippen molar-refractivity contribution in [2.45, 2.75) is 31.4 Å². The molecule has 0 saturated heterocycles. The highest BCUT2D eigenvalue weighted by molar-refractivity contribution is 7.99. The van der Waals surface area contributed by atoms with Gasteiger partial charge >= 0.3 is 6.18 Å². The summed E-state index contributed by atoms with van der Waals surface area (Å²) in [4.78, 5) is 12.5. The fourth-order valence-corrected chi connectivity index (χ4v) is 4.14. The number of alkyl halides is 3. The highest BCUT2D eigenvalue weighted by atomic mass is 35.5. The molecule has 36 heavy (non-hydrogen) atoms. The maximum absolute atomic E-state index is 13.3. The number of hydrogen-bond acceptors (Lipinski definition) is 6. The van der Waals surface area contributed by atoms with Crippen LogP contribution in [0.1, 0.15) is 22.7 Å². The topological polar surface area (TPSA) is 82.2 Å². The number of nitrogens with zero attached hydrogens (tertiary/aromatic N) is 3. The molecule has 2 heterocycles. The predicted molar refractivity (Wildman–Crippen MR) is 129 cm³/mol. The highest BCUT2D eigenvalue weighted by Gasteiger charge is 2.34. The number of anilines is 1. The predicted octanol–water partition coefficient (Wildman–Crippen LogP) is 6.21. The minimum absolute atomic E-state index is 0.0823. The van der Waals surface area contributed by atoms with E-state index in [2.05, 4.69) is 15.5 Å². The third kappa shape index (κ3) is 6.61. The Morgan fingerprint density at radius 1 is 1.17 bits per heavy atom. The van der Waals surface area contributed by atoms with Gasteiger partial charge < -0.3 is 14.5 Å². The first-order chi connectivity index (χ1) is 17.2. The summed E-state index contributed by atoms with van der Waals surface area (Å²) in [5, 5.41) is 10.9. The molecule has 0 unspecified atom stereocenters. The Bertz CT molecular complexity index is 1330. The quantitative estimate of drug-likeness (QED) is 0.256. The van der Waals surface area contributed by atoms with Gasteiger partial charge in [-0.3, -0.25) is 9.36 Å². The minimum atomic E-state index is -4.67. The standard InChI is InChI=1S/C24H20ClF3N4O3S/c1-15-4-7-17(8-5-15)35-13-21-30-31-23(32(21)12-18-3-2-10-34-18)36-14-22(33)29-20-9-6-16(25)11-19(20)24(26,27)28/h2-11H,12-14H2,1H3,(H,29,33). The number of benzene rings is 2. The first-order valence-corrected chi connectivity index (χ1v) is 12.0. The van der Waals surface area contributed by atoms with Gasteiger partial charge in [-0.05, 0) is 49.4 Å². The van der Waals surface area contributed by atoms with E-state index in [4.69, 9.17) is 20.8 Å². The van der Waals surface area contributed by atoms with Crippen LogP contribution >= 0.6 is 23.4 Å². The van der Waals surface area contributed by atoms with Gasteiger partial charge in [0.25, 0.3) is 0 Å². The Kier molecular flexibility index (Phi) is 7.90. The first-order valence-electron chi connectivity index (χ1n) is 10.6. The Morgan fingerprint density at radius 3 is 2.64 bits per heavy atom. The average molecular weight is 537 g/mol. The molecule has 4 rings (SSSR count). The fourth-order valence-electron chi connectivity index (χ4n) is 3.21. The fraction of sp³-hybridized carbons (Fsp3) is 0.208. The van der Waals surface area contributed by atoms with Crippen molar-refractivity contribution in [1.29, 1.82) is 0 Å². The summed E-state index contributed by atoms with van der Waals surface area (Å²) < 4.78 is 52.9. The zero-order valence-electron chi connectivity index (χ0n) is 18.9. The van der Waals surface area contributed by atoms with Gasteiger partial charge in [0, 0.05) is 5.02 Å². The van der Waals surface area contributed by atoms with Crippen LogP contribution in [0.5, 0.6) is 5.75 Å². The van der Waals surface area contributed by atoms with Crippen molar-refractivity contribution in [3.05, 3.63) is 88.6 Å². The van der Waals surface area contributed by atoms with E-state index < -0.39 is 17.6 Å². The number of halogens is 4. The SMILES string of the molecule is Cc1ccc(OCc2nnc(SCC(=O)Nc3ccc(Cl)cc3C(F)(F)F)n2Cc2ccco2)cc1. The number of ether oxygens (including phenoxy) is 1. The number of rotatable bonds is 9. The molecule has 7 nitrogen and oxygen atoms in total. The second-order valence-electron chi connectivity index (χ2n) is 7.69. The van der Waals surface area contributed by atoms with Crippen LogP contribution in [0.2, 0.25) is 5.02 Å². The van der Waals surface area contributed by atoms with E-state index >= 15 is 0 Å². The maximum Gasteiger partial charge on any atom is 0.418 e. The third-order valence-electron chi connectivity index (χ3n) is 4.97. The summed E-state index contributed by atoms with van der Waals surface area (Å²) in [5.41, 5.74) is -0.298. The van der Waals surface area contributed by atoms with Crippen LogP contribution in [-0.2, 0) is 24.1 Å². The number of thioether (sulfide) groups is 1. The second kappa shape index (κ2) is 11.1. The summed E-state index contributed by atoms with van der Waals surface area (Å²) in [6.07, 6.45) is -3.14. The number of carbonyl (C=O) groups excluding carboxylic acids is 1. The van der Waals surface area contributed by atoms with Gasteiger partial charge in [-0.15, -0.1) is 10.2 Å². The summed E-state index contributed by atoms with van der Waals surface area (Å²) in [6.45, 7) is 2.37. The Balaban J connectivity index is 1.47. The van der Waals surface area contributed by atoms with Gasteiger partial charge in [0.1, 0.15) is 18.1 Å². The lowest BCUT2D eigenvalue weighted by Crippen LogP contribution is -2.18. The molecule has 0 aliphatic rings. The molecule has 1 N–H and O–H groups in total. The van der Waals surface area contributed by atoms with Gasteiger partial charge in [0.2, 0.25) is 5.91 Å². The van der Waals surface area contributed by atoms with Gasteiger partial charge in [0.05, 0.1) is 29.8 Å². The van der Waals surface area contributed by atoms with Crippen molar-refractivity contribution < 1.29 is 27.1 Å². The molecule has 0 fully saturated rings. The second-order valence-corrected chi connectivity index (χ2v) is 9.07. The lowest BCUT2D eigenvalue weighted by molar-refractivity contribution is -0.137. The van der Waals surface area contributed by atoms with Crippen LogP contribution in [0.3, 0.4) is 0 Å². The molecule has 0 aliphatic heterocycles. The highest BCUT2D eigenvalue weighted by Crippen LogP contribution is 2.36. The number of aromatic nitrogens is 3. The lowest BCUT2D eigenvalue weighted by atomic mass is 10.1. The van der Waals surface area contributed by atoms with Crippen molar-refractivity contribution >= 4 is 35.0 Å². The monoisotopic (exact) mass is 536 g/mol. The van der Waals surface area contributed by atoms with E-state index in [1.807, 2.05) is 31.2 Å². The molecule has 0 radical (unpaired) electrons. The van der Waals surface area contributed by atoms with Crippen LogP contribution in [-0.4, -0.2) is 26.4 Å². The summed E-state index contributed by atoms with van der Waals surface area (Å²) in [5.74, 6) is 0.943. The Labute approximate surface area is 213 Å². The normalized spacial score (nSPS) is 11.5. The van der Waals surface area contributed by atoms with E-state index in [-0.39, 0.29) is 29.6 Å². The summed E-state index contributed by atoms with van der Waals surface area (Å²) in [6, 6.07) is 14.2. The van der Waals surface area contributed by atoms with E-state index in [9.17, 15) is 18.0 Å². The molecule has 0 saturated carbocycles. The Morgan fingerprint density at radius 2 is 1.94 bits per heavy atom. The van der Waals surface area contributed by atoms with Gasteiger partial charge in [-0.25, -0.2) is 0 Å². The third-order valence-corrected chi connectivity index (χ3v) is 6.17. The largest absolute Gasteiger partial charge is 0.486 e. The molecule has 0 spiro atoms. The van der Waals surface area contributed by atoms with E-state index in [1.165, 1.54) is 12.3 Å². The van der Waals surface area contributed by atoms with Crippen LogP contribution in [0.25, 0.3) is 0 Å². The van der Waals surface area contributed by atoms with E-state index in [0.29, 0.717) is 22.5 Å². The van der Waals surface area contributed by atoms with Crippen LogP contribution in [0.15, 0.2) is 70.4 Å². The molecule has 12 heteroatoms. The molecule has 2 aromatic carbocycles. The first kappa shape index (κ1) is 25.6. The molecule has 4 aromatic rings. The molecule has 0 atom stereocenters. The van der Waals surface area contributed by atoms with Crippen molar-refractivity contribution in [2.75, 3.05) is 11.1 Å². The average Bonchev–Trinajstić information content (AvgIpc) is 3.48. The van der Waals surface area contributed by atoms with Gasteiger partial charge in [-0.1, -0.05) is 41.1 Å². The molecular weight excluding hydrogens is 517 g/mol. The number of nitrogens with one attached hydrogen (secondary N) is 1. The van der Waals surface area contributed by atoms with Crippen molar-refractivity contribution in [1.82, 2.24) is 14.8 Å². The number of amides is 1. The molecule has 0 bridgehead atoms.